The van der Waals surface area contributed by atoms with E-state index in [1.807, 2.05) is 0 Å². The van der Waals surface area contributed by atoms with Gasteiger partial charge in [0.15, 0.2) is 0 Å². The number of hydrogen-bond donors (Lipinski definition) is 2. The first-order chi connectivity index (χ1) is 17.9. The first-order valence-electron chi connectivity index (χ1n) is 11.3. The van der Waals surface area contributed by atoms with E-state index in [-0.39, 0.29) is 9.79 Å². The van der Waals surface area contributed by atoms with Crippen LogP contribution in [0.4, 0.5) is 11.4 Å². The van der Waals surface area contributed by atoms with Gasteiger partial charge in [-0.05, 0) is 54.6 Å². The highest BCUT2D eigenvalue weighted by Crippen LogP contribution is 2.41. The molecule has 0 aliphatic rings. The molecule has 1 heterocycles. The zero-order valence-electron chi connectivity index (χ0n) is 20.2. The maximum atomic E-state index is 12.3. The number of sulfonamides is 1. The molecule has 0 atom stereocenters. The van der Waals surface area contributed by atoms with Crippen molar-refractivity contribution in [2.45, 2.75) is 9.79 Å². The second-order valence-corrected chi connectivity index (χ2v) is 12.7. The number of hydrogen-bond acceptors (Lipinski definition) is 5. The van der Waals surface area contributed by atoms with Crippen molar-refractivity contribution in [3.05, 3.63) is 90.0 Å². The van der Waals surface area contributed by atoms with Crippen LogP contribution in [0.3, 0.4) is 0 Å². The summed E-state index contributed by atoms with van der Waals surface area (Å²) in [6.07, 6.45) is 0. The third kappa shape index (κ3) is 4.84. The lowest BCUT2D eigenvalue weighted by Gasteiger charge is -2.12. The second-order valence-electron chi connectivity index (χ2n) is 8.74. The molecule has 8 nitrogen and oxygen atoms in total. The summed E-state index contributed by atoms with van der Waals surface area (Å²) >= 11 is 6.22. The molecule has 0 amide bonds. The lowest BCUT2D eigenvalue weighted by molar-refractivity contribution is 0.483. The van der Waals surface area contributed by atoms with Gasteiger partial charge in [-0.15, -0.1) is 0 Å². The molecule has 0 bridgehead atoms. The van der Waals surface area contributed by atoms with Crippen LogP contribution in [0.5, 0.6) is 0 Å². The molecule has 5 aromatic rings. The summed E-state index contributed by atoms with van der Waals surface area (Å²) in [5.74, 6) is 0. The number of benzene rings is 4. The van der Waals surface area contributed by atoms with E-state index in [4.69, 9.17) is 16.0 Å². The van der Waals surface area contributed by atoms with Crippen LogP contribution < -0.4 is 5.32 Å². The minimum Gasteiger partial charge on any atom is -0.355 e. The molecule has 2 N–H and O–H groups in total. The number of halogens is 1. The largest absolute Gasteiger partial charge is 0.363 e. The molecule has 0 spiro atoms. The van der Waals surface area contributed by atoms with Crippen LogP contribution in [0, 0.1) is 0 Å². The highest BCUT2D eigenvalue weighted by atomic mass is 35.5. The number of nitrogens with one attached hydrogen (secondary N) is 1. The quantitative estimate of drug-likeness (QED) is 0.137. The highest BCUT2D eigenvalue weighted by Gasteiger charge is 2.25. The van der Waals surface area contributed by atoms with Gasteiger partial charge < -0.3 is 5.32 Å². The van der Waals surface area contributed by atoms with Gasteiger partial charge in [0.2, 0.25) is 10.0 Å². The molecular formula is C27H22ClN2O6S2+. The Labute approximate surface area is 224 Å². The van der Waals surface area contributed by atoms with Crippen LogP contribution in [0.1, 0.15) is 0 Å². The molecule has 0 saturated heterocycles. The van der Waals surface area contributed by atoms with Crippen molar-refractivity contribution in [3.63, 3.8) is 0 Å². The molecule has 0 unspecified atom stereocenters. The normalized spacial score (nSPS) is 12.3. The molecule has 194 valence electrons. The molecule has 1 aromatic heterocycles. The summed E-state index contributed by atoms with van der Waals surface area (Å²) in [5, 5.41) is 4.91. The van der Waals surface area contributed by atoms with E-state index in [0.29, 0.717) is 49.5 Å². The minimum atomic E-state index is -4.51. The van der Waals surface area contributed by atoms with E-state index in [9.17, 15) is 21.4 Å². The van der Waals surface area contributed by atoms with E-state index >= 15 is 0 Å². The second kappa shape index (κ2) is 9.64. The van der Waals surface area contributed by atoms with Crippen LogP contribution >= 0.6 is 11.6 Å². The smallest absolute Gasteiger partial charge is 0.355 e. The lowest BCUT2D eigenvalue weighted by atomic mass is 9.97. The van der Waals surface area contributed by atoms with Crippen molar-refractivity contribution in [1.82, 2.24) is 4.31 Å². The summed E-state index contributed by atoms with van der Waals surface area (Å²) in [6.45, 7) is 0. The van der Waals surface area contributed by atoms with Crippen molar-refractivity contribution < 1.29 is 25.8 Å². The molecule has 0 aliphatic carbocycles. The van der Waals surface area contributed by atoms with E-state index in [1.54, 1.807) is 60.7 Å². The molecule has 0 fully saturated rings. The fraction of sp³-hybridized carbons (Fsp3) is 0.0741. The van der Waals surface area contributed by atoms with Gasteiger partial charge >= 0.3 is 11.2 Å². The van der Waals surface area contributed by atoms with Crippen LogP contribution in [0.15, 0.2) is 99.1 Å². The number of rotatable bonds is 6. The fourth-order valence-electron chi connectivity index (χ4n) is 4.22. The molecule has 0 saturated carbocycles. The van der Waals surface area contributed by atoms with E-state index < -0.39 is 20.1 Å². The Morgan fingerprint density at radius 3 is 2.05 bits per heavy atom. The van der Waals surface area contributed by atoms with E-state index in [0.717, 1.165) is 4.31 Å². The maximum Gasteiger partial charge on any atom is 0.363 e. The van der Waals surface area contributed by atoms with Crippen LogP contribution in [0.2, 0.25) is 5.02 Å². The Balaban J connectivity index is 1.65. The summed E-state index contributed by atoms with van der Waals surface area (Å²) in [4.78, 5) is -0.0502. The van der Waals surface area contributed by atoms with Crippen molar-refractivity contribution in [2.24, 2.45) is 0 Å². The molecular weight excluding hydrogens is 548 g/mol. The average molecular weight is 570 g/mol. The third-order valence-electron chi connectivity index (χ3n) is 6.04. The molecule has 0 aliphatic heterocycles. The predicted octanol–water partition coefficient (Wildman–Crippen LogP) is 6.43. The first kappa shape index (κ1) is 26.1. The van der Waals surface area contributed by atoms with Gasteiger partial charge in [-0.1, -0.05) is 29.8 Å². The fourth-order valence-corrected chi connectivity index (χ4v) is 5.98. The van der Waals surface area contributed by atoms with Gasteiger partial charge in [-0.2, -0.15) is 8.42 Å². The topological polar surface area (TPSA) is 115 Å². The molecule has 0 radical (unpaired) electrons. The van der Waals surface area contributed by atoms with Gasteiger partial charge in [0.25, 0.3) is 10.1 Å². The molecule has 4 aromatic carbocycles. The number of anilines is 2. The zero-order valence-corrected chi connectivity index (χ0v) is 22.6. The third-order valence-corrected chi connectivity index (χ3v) is 9.02. The Bertz CT molecular complexity index is 1920. The standard InChI is InChI=1S/C27H21ClN2O6S2/c1-30(2)37(31,32)20-11-8-18(9-12-20)29-19-10-14-22-25(16-19)36-24-15-17(28)7-13-21(24)27(22)23-5-3-4-6-26(23)38(33,34)35/h3-16,29H,1-2H3/p+1. The highest BCUT2D eigenvalue weighted by molar-refractivity contribution is 7.89. The van der Waals surface area contributed by atoms with Crippen molar-refractivity contribution in [3.8, 4) is 11.1 Å². The van der Waals surface area contributed by atoms with Crippen molar-refractivity contribution >= 4 is 65.1 Å². The van der Waals surface area contributed by atoms with Gasteiger partial charge in [0, 0.05) is 36.6 Å². The maximum absolute atomic E-state index is 12.3. The summed E-state index contributed by atoms with van der Waals surface area (Å²) < 4.78 is 66.3. The Kier molecular flexibility index (Phi) is 6.62. The number of fused-ring (bicyclic) bond motifs is 2. The first-order valence-corrected chi connectivity index (χ1v) is 14.6. The summed E-state index contributed by atoms with van der Waals surface area (Å²) in [6, 6.07) is 23.0. The Morgan fingerprint density at radius 2 is 1.39 bits per heavy atom. The van der Waals surface area contributed by atoms with Gasteiger partial charge in [-0.25, -0.2) is 17.1 Å². The van der Waals surface area contributed by atoms with Crippen molar-refractivity contribution in [2.75, 3.05) is 19.4 Å². The zero-order chi connectivity index (χ0) is 27.2. The molecule has 11 heteroatoms. The van der Waals surface area contributed by atoms with Crippen molar-refractivity contribution in [1.29, 1.82) is 0 Å². The number of nitrogens with zero attached hydrogens (tertiary/aromatic N) is 1. The predicted molar refractivity (Wildman–Crippen MR) is 149 cm³/mol. The summed E-state index contributed by atoms with van der Waals surface area (Å²) in [5.41, 5.74) is 3.07. The Morgan fingerprint density at radius 1 is 0.789 bits per heavy atom. The van der Waals surface area contributed by atoms with Gasteiger partial charge in [-0.3, -0.25) is 4.55 Å². The summed E-state index contributed by atoms with van der Waals surface area (Å²) in [7, 11) is -5.11. The molecule has 5 rings (SSSR count). The van der Waals surface area contributed by atoms with E-state index in [2.05, 4.69) is 5.32 Å². The lowest BCUT2D eigenvalue weighted by Crippen LogP contribution is -2.22. The van der Waals surface area contributed by atoms with E-state index in [1.165, 1.54) is 38.4 Å². The monoisotopic (exact) mass is 569 g/mol. The molecule has 38 heavy (non-hydrogen) atoms. The van der Waals surface area contributed by atoms with Crippen LogP contribution in [0.25, 0.3) is 33.1 Å². The van der Waals surface area contributed by atoms with Gasteiger partial charge in [0.05, 0.1) is 32.8 Å². The van der Waals surface area contributed by atoms with Gasteiger partial charge in [0.1, 0.15) is 4.90 Å². The Hall–Kier alpha value is -3.54. The van der Waals surface area contributed by atoms with Crippen LogP contribution in [-0.4, -0.2) is 39.8 Å². The SMILES string of the molecule is CN(C)S(=O)(=O)c1ccc(Nc2ccc3c(-c4ccccc4S(=O)(=O)O)c4ccc(Cl)cc4[o+]c3c2)cc1. The minimum absolute atomic E-state index is 0.173. The van der Waals surface area contributed by atoms with Crippen LogP contribution in [-0.2, 0) is 20.1 Å². The average Bonchev–Trinajstić information content (AvgIpc) is 2.87.